The van der Waals surface area contributed by atoms with Crippen molar-refractivity contribution in [3.63, 3.8) is 0 Å². The van der Waals surface area contributed by atoms with E-state index in [-0.39, 0.29) is 12.6 Å². The highest BCUT2D eigenvalue weighted by Gasteiger charge is 2.22. The number of nitrogens with one attached hydrogen (secondary N) is 1. The van der Waals surface area contributed by atoms with Crippen LogP contribution in [0.25, 0.3) is 0 Å². The molecule has 0 radical (unpaired) electrons. The van der Waals surface area contributed by atoms with E-state index in [1.807, 2.05) is 0 Å². The highest BCUT2D eigenvalue weighted by molar-refractivity contribution is 4.78. The summed E-state index contributed by atoms with van der Waals surface area (Å²) in [5, 5.41) is 12.6. The summed E-state index contributed by atoms with van der Waals surface area (Å²) < 4.78 is 0. The molecule has 0 aromatic rings. The second-order valence-corrected chi connectivity index (χ2v) is 5.32. The van der Waals surface area contributed by atoms with Crippen LogP contribution in [0.15, 0.2) is 0 Å². The van der Waals surface area contributed by atoms with Gasteiger partial charge in [0.05, 0.1) is 6.61 Å². The van der Waals surface area contributed by atoms with Crippen molar-refractivity contribution in [3.8, 4) is 0 Å². The number of rotatable bonds is 6. The van der Waals surface area contributed by atoms with Gasteiger partial charge in [-0.15, -0.1) is 0 Å². The molecule has 0 saturated carbocycles. The Hall–Kier alpha value is -0.120. The molecule has 0 aromatic carbocycles. The zero-order valence-electron chi connectivity index (χ0n) is 11.1. The molecule has 3 heteroatoms. The van der Waals surface area contributed by atoms with Crippen LogP contribution in [0.3, 0.4) is 0 Å². The van der Waals surface area contributed by atoms with E-state index in [0.717, 1.165) is 24.9 Å². The van der Waals surface area contributed by atoms with Crippen LogP contribution >= 0.6 is 0 Å². The quantitative estimate of drug-likeness (QED) is 0.720. The van der Waals surface area contributed by atoms with Gasteiger partial charge >= 0.3 is 0 Å². The molecule has 3 nitrogen and oxygen atoms in total. The molecule has 1 aliphatic rings. The van der Waals surface area contributed by atoms with Crippen molar-refractivity contribution in [3.05, 3.63) is 0 Å². The van der Waals surface area contributed by atoms with Crippen molar-refractivity contribution in [2.24, 2.45) is 11.8 Å². The molecule has 0 amide bonds. The highest BCUT2D eigenvalue weighted by Crippen LogP contribution is 2.24. The van der Waals surface area contributed by atoms with Gasteiger partial charge in [0.1, 0.15) is 0 Å². The third-order valence-electron chi connectivity index (χ3n) is 3.77. The van der Waals surface area contributed by atoms with Crippen molar-refractivity contribution in [1.29, 1.82) is 0 Å². The summed E-state index contributed by atoms with van der Waals surface area (Å²) in [6.07, 6.45) is 2.64. The Labute approximate surface area is 100 Å². The predicted octanol–water partition coefficient (Wildman–Crippen LogP) is 1.32. The number of likely N-dealkylation sites (N-methyl/N-ethyl adjacent to an activating group) is 1. The van der Waals surface area contributed by atoms with Crippen molar-refractivity contribution < 1.29 is 5.11 Å². The lowest BCUT2D eigenvalue weighted by Crippen LogP contribution is -2.46. The van der Waals surface area contributed by atoms with Gasteiger partial charge in [-0.25, -0.2) is 0 Å². The third kappa shape index (κ3) is 4.40. The fourth-order valence-electron chi connectivity index (χ4n) is 2.59. The number of hydrogen-bond acceptors (Lipinski definition) is 3. The molecular weight excluding hydrogens is 200 g/mol. The van der Waals surface area contributed by atoms with Gasteiger partial charge in [0.15, 0.2) is 0 Å². The number of nitrogens with zero attached hydrogens (tertiary/aromatic N) is 1. The monoisotopic (exact) mass is 228 g/mol. The Bertz CT molecular complexity index is 177. The fraction of sp³-hybridized carbons (Fsp3) is 1.00. The molecule has 0 aromatic heterocycles. The van der Waals surface area contributed by atoms with Gasteiger partial charge in [-0.05, 0) is 44.3 Å². The summed E-state index contributed by atoms with van der Waals surface area (Å²) >= 11 is 0. The van der Waals surface area contributed by atoms with E-state index in [1.54, 1.807) is 0 Å². The number of aliphatic hydroxyl groups excluding tert-OH is 1. The van der Waals surface area contributed by atoms with E-state index in [0.29, 0.717) is 0 Å². The molecule has 0 bridgehead atoms. The molecule has 1 rings (SSSR count). The second kappa shape index (κ2) is 7.25. The molecule has 16 heavy (non-hydrogen) atoms. The summed E-state index contributed by atoms with van der Waals surface area (Å²) in [5.41, 5.74) is 0. The summed E-state index contributed by atoms with van der Waals surface area (Å²) in [6.45, 7) is 11.3. The van der Waals surface area contributed by atoms with Crippen LogP contribution in [-0.4, -0.2) is 48.8 Å². The van der Waals surface area contributed by atoms with E-state index in [9.17, 15) is 5.11 Å². The largest absolute Gasteiger partial charge is 0.395 e. The number of aliphatic hydroxyl groups is 1. The van der Waals surface area contributed by atoms with Crippen LogP contribution < -0.4 is 5.32 Å². The highest BCUT2D eigenvalue weighted by atomic mass is 16.3. The lowest BCUT2D eigenvalue weighted by atomic mass is 9.86. The number of piperidine rings is 1. The van der Waals surface area contributed by atoms with Crippen LogP contribution in [0.2, 0.25) is 0 Å². The van der Waals surface area contributed by atoms with Gasteiger partial charge in [0, 0.05) is 12.6 Å². The Morgan fingerprint density at radius 2 is 1.94 bits per heavy atom. The molecule has 96 valence electrons. The summed E-state index contributed by atoms with van der Waals surface area (Å²) in [6, 6.07) is 0.251. The molecule has 0 spiro atoms. The van der Waals surface area contributed by atoms with E-state index < -0.39 is 0 Å². The summed E-state index contributed by atoms with van der Waals surface area (Å²) in [4.78, 5) is 2.49. The first-order valence-corrected chi connectivity index (χ1v) is 6.74. The van der Waals surface area contributed by atoms with Gasteiger partial charge in [0.2, 0.25) is 0 Å². The van der Waals surface area contributed by atoms with Gasteiger partial charge in [0.25, 0.3) is 0 Å². The minimum atomic E-state index is 0.248. The smallest absolute Gasteiger partial charge is 0.0597 e. The Morgan fingerprint density at radius 3 is 2.38 bits per heavy atom. The minimum absolute atomic E-state index is 0.248. The average Bonchev–Trinajstić information content (AvgIpc) is 2.29. The zero-order valence-corrected chi connectivity index (χ0v) is 11.1. The Morgan fingerprint density at radius 1 is 1.31 bits per heavy atom. The van der Waals surface area contributed by atoms with E-state index in [2.05, 4.69) is 31.0 Å². The van der Waals surface area contributed by atoms with Crippen LogP contribution in [0.1, 0.15) is 33.6 Å². The van der Waals surface area contributed by atoms with Gasteiger partial charge in [-0.1, -0.05) is 20.8 Å². The topological polar surface area (TPSA) is 35.5 Å². The molecule has 1 unspecified atom stereocenters. The normalized spacial score (nSPS) is 21.6. The first-order valence-electron chi connectivity index (χ1n) is 6.74. The zero-order chi connectivity index (χ0) is 12.0. The van der Waals surface area contributed by atoms with Crippen LogP contribution in [-0.2, 0) is 0 Å². The van der Waals surface area contributed by atoms with Crippen LogP contribution in [0.5, 0.6) is 0 Å². The maximum absolute atomic E-state index is 9.24. The minimum Gasteiger partial charge on any atom is -0.395 e. The SMILES string of the molecule is CCNC(CO)CN1CCC(C(C)C)CC1. The van der Waals surface area contributed by atoms with Gasteiger partial charge in [-0.3, -0.25) is 0 Å². The van der Waals surface area contributed by atoms with Crippen molar-refractivity contribution >= 4 is 0 Å². The molecule has 1 atom stereocenters. The summed E-state index contributed by atoms with van der Waals surface area (Å²) in [5.74, 6) is 1.73. The van der Waals surface area contributed by atoms with Crippen molar-refractivity contribution in [2.45, 2.75) is 39.7 Å². The molecule has 1 heterocycles. The lowest BCUT2D eigenvalue weighted by Gasteiger charge is -2.35. The van der Waals surface area contributed by atoms with E-state index in [4.69, 9.17) is 0 Å². The number of likely N-dealkylation sites (tertiary alicyclic amines) is 1. The first-order chi connectivity index (χ1) is 7.67. The van der Waals surface area contributed by atoms with Crippen LogP contribution in [0, 0.1) is 11.8 Å². The fourth-order valence-corrected chi connectivity index (χ4v) is 2.59. The van der Waals surface area contributed by atoms with Crippen molar-refractivity contribution in [2.75, 3.05) is 32.8 Å². The Balaban J connectivity index is 2.25. The van der Waals surface area contributed by atoms with E-state index in [1.165, 1.54) is 25.9 Å². The number of hydrogen-bond donors (Lipinski definition) is 2. The van der Waals surface area contributed by atoms with E-state index >= 15 is 0 Å². The van der Waals surface area contributed by atoms with Crippen LogP contribution in [0.4, 0.5) is 0 Å². The maximum atomic E-state index is 9.24. The second-order valence-electron chi connectivity index (χ2n) is 5.32. The molecule has 0 aliphatic carbocycles. The molecule has 1 aliphatic heterocycles. The molecule has 2 N–H and O–H groups in total. The first kappa shape index (κ1) is 13.9. The van der Waals surface area contributed by atoms with Crippen molar-refractivity contribution in [1.82, 2.24) is 10.2 Å². The van der Waals surface area contributed by atoms with Gasteiger partial charge in [-0.2, -0.15) is 0 Å². The maximum Gasteiger partial charge on any atom is 0.0597 e. The molecular formula is C13H28N2O. The molecule has 1 fully saturated rings. The average molecular weight is 228 g/mol. The molecule has 1 saturated heterocycles. The third-order valence-corrected chi connectivity index (χ3v) is 3.77. The summed E-state index contributed by atoms with van der Waals surface area (Å²) in [7, 11) is 0. The standard InChI is InChI=1S/C13H28N2O/c1-4-14-13(10-16)9-15-7-5-12(6-8-15)11(2)3/h11-14,16H,4-10H2,1-3H3. The Kier molecular flexibility index (Phi) is 6.32. The van der Waals surface area contributed by atoms with Gasteiger partial charge < -0.3 is 15.3 Å². The predicted molar refractivity (Wildman–Crippen MR) is 68.6 cm³/mol. The lowest BCUT2D eigenvalue weighted by molar-refractivity contribution is 0.128.